The molecule has 0 bridgehead atoms. The molecule has 0 aliphatic carbocycles. The monoisotopic (exact) mass is 296 g/mol. The van der Waals surface area contributed by atoms with Gasteiger partial charge in [0.05, 0.1) is 0 Å². The molecule has 0 saturated carbocycles. The number of carbonyl (C=O) groups excluding carboxylic acids is 1. The summed E-state index contributed by atoms with van der Waals surface area (Å²) < 4.78 is 0.982. The fourth-order valence-corrected chi connectivity index (χ4v) is 2.49. The minimum atomic E-state index is 0.106. The number of nitrogens with one attached hydrogen (secondary N) is 2. The van der Waals surface area contributed by atoms with Gasteiger partial charge in [0, 0.05) is 16.6 Å². The van der Waals surface area contributed by atoms with Crippen LogP contribution in [-0.4, -0.2) is 19.0 Å². The molecule has 2 N–H and O–H groups in total. The number of rotatable bonds is 4. The zero-order valence-corrected chi connectivity index (χ0v) is 11.3. The van der Waals surface area contributed by atoms with Crippen molar-refractivity contribution >= 4 is 27.5 Å². The molecule has 1 fully saturated rings. The van der Waals surface area contributed by atoms with Crippen molar-refractivity contribution < 1.29 is 4.79 Å². The molecule has 1 heterocycles. The molecule has 3 nitrogen and oxygen atoms in total. The smallest absolute Gasteiger partial charge is 0.224 e. The van der Waals surface area contributed by atoms with E-state index in [1.54, 1.807) is 0 Å². The first-order chi connectivity index (χ1) is 8.24. The third kappa shape index (κ3) is 4.13. The normalized spacial score (nSPS) is 19.2. The molecule has 92 valence electrons. The highest BCUT2D eigenvalue weighted by atomic mass is 79.9. The number of halogens is 1. The molecular formula is C13H17BrN2O. The minimum Gasteiger partial charge on any atom is -0.326 e. The molecular weight excluding hydrogens is 280 g/mol. The molecule has 1 saturated heterocycles. The summed E-state index contributed by atoms with van der Waals surface area (Å²) >= 11 is 3.39. The first-order valence-electron chi connectivity index (χ1n) is 6.00. The van der Waals surface area contributed by atoms with Gasteiger partial charge in [-0.05, 0) is 50.0 Å². The number of hydrogen-bond acceptors (Lipinski definition) is 2. The average Bonchev–Trinajstić information content (AvgIpc) is 2.79. The van der Waals surface area contributed by atoms with Gasteiger partial charge in [0.25, 0.3) is 0 Å². The highest BCUT2D eigenvalue weighted by molar-refractivity contribution is 9.10. The molecule has 2 rings (SSSR count). The van der Waals surface area contributed by atoms with E-state index in [1.165, 1.54) is 6.42 Å². The molecule has 1 aromatic rings. The van der Waals surface area contributed by atoms with Gasteiger partial charge in [-0.2, -0.15) is 0 Å². The van der Waals surface area contributed by atoms with Gasteiger partial charge in [0.15, 0.2) is 0 Å². The van der Waals surface area contributed by atoms with Crippen molar-refractivity contribution in [1.82, 2.24) is 5.32 Å². The average molecular weight is 297 g/mol. The molecule has 1 amide bonds. The van der Waals surface area contributed by atoms with Gasteiger partial charge in [-0.25, -0.2) is 0 Å². The topological polar surface area (TPSA) is 41.1 Å². The molecule has 1 atom stereocenters. The Morgan fingerprint density at radius 2 is 2.41 bits per heavy atom. The molecule has 0 aromatic heterocycles. The summed E-state index contributed by atoms with van der Waals surface area (Å²) in [6.07, 6.45) is 2.79. The van der Waals surface area contributed by atoms with Crippen LogP contribution in [-0.2, 0) is 4.79 Å². The van der Waals surface area contributed by atoms with Crippen molar-refractivity contribution in [3.63, 3.8) is 0 Å². The Balaban J connectivity index is 1.76. The van der Waals surface area contributed by atoms with Crippen LogP contribution in [0.2, 0.25) is 0 Å². The second-order valence-electron chi connectivity index (χ2n) is 4.46. The summed E-state index contributed by atoms with van der Waals surface area (Å²) in [4.78, 5) is 11.7. The lowest BCUT2D eigenvalue weighted by Gasteiger charge is -2.08. The largest absolute Gasteiger partial charge is 0.326 e. The van der Waals surface area contributed by atoms with Gasteiger partial charge < -0.3 is 10.6 Å². The van der Waals surface area contributed by atoms with Crippen LogP contribution in [0.4, 0.5) is 5.69 Å². The van der Waals surface area contributed by atoms with Gasteiger partial charge in [-0.3, -0.25) is 4.79 Å². The summed E-state index contributed by atoms with van der Waals surface area (Å²) in [6, 6.07) is 7.68. The lowest BCUT2D eigenvalue weighted by Crippen LogP contribution is -2.14. The van der Waals surface area contributed by atoms with Gasteiger partial charge in [0.2, 0.25) is 5.91 Å². The van der Waals surface area contributed by atoms with E-state index in [0.717, 1.165) is 29.7 Å². The van der Waals surface area contributed by atoms with E-state index in [0.29, 0.717) is 12.3 Å². The lowest BCUT2D eigenvalue weighted by molar-refractivity contribution is -0.116. The fourth-order valence-electron chi connectivity index (χ4n) is 2.09. The maximum atomic E-state index is 11.7. The molecule has 1 aliphatic heterocycles. The van der Waals surface area contributed by atoms with E-state index in [4.69, 9.17) is 0 Å². The number of hydrogen-bond donors (Lipinski definition) is 2. The van der Waals surface area contributed by atoms with Gasteiger partial charge in [0.1, 0.15) is 0 Å². The van der Waals surface area contributed by atoms with E-state index in [2.05, 4.69) is 26.6 Å². The van der Waals surface area contributed by atoms with Crippen LogP contribution >= 0.6 is 15.9 Å². The minimum absolute atomic E-state index is 0.106. The molecule has 0 radical (unpaired) electrons. The van der Waals surface area contributed by atoms with Crippen molar-refractivity contribution in [2.45, 2.75) is 19.3 Å². The molecule has 1 aliphatic rings. The zero-order chi connectivity index (χ0) is 12.1. The van der Waals surface area contributed by atoms with E-state index >= 15 is 0 Å². The number of amides is 1. The Bertz CT molecular complexity index is 389. The standard InChI is InChI=1S/C13H17BrN2O/c14-11-2-1-3-12(8-11)16-13(17)5-4-10-6-7-15-9-10/h1-3,8,10,15H,4-7,9H2,(H,16,17). The van der Waals surface area contributed by atoms with Crippen molar-refractivity contribution in [2.75, 3.05) is 18.4 Å². The van der Waals surface area contributed by atoms with Crippen LogP contribution in [0.25, 0.3) is 0 Å². The maximum Gasteiger partial charge on any atom is 0.224 e. The maximum absolute atomic E-state index is 11.7. The number of benzene rings is 1. The summed E-state index contributed by atoms with van der Waals surface area (Å²) in [5, 5.41) is 6.23. The van der Waals surface area contributed by atoms with Crippen LogP contribution < -0.4 is 10.6 Å². The van der Waals surface area contributed by atoms with Crippen molar-refractivity contribution in [1.29, 1.82) is 0 Å². The SMILES string of the molecule is O=C(CCC1CCNC1)Nc1cccc(Br)c1. The van der Waals surface area contributed by atoms with Gasteiger partial charge in [-0.15, -0.1) is 0 Å². The Kier molecular flexibility index (Phi) is 4.57. The first kappa shape index (κ1) is 12.6. The zero-order valence-electron chi connectivity index (χ0n) is 9.71. The number of carbonyl (C=O) groups is 1. The van der Waals surface area contributed by atoms with Crippen molar-refractivity contribution in [3.8, 4) is 0 Å². The third-order valence-electron chi connectivity index (χ3n) is 3.05. The van der Waals surface area contributed by atoms with Crippen LogP contribution in [0.5, 0.6) is 0 Å². The Hall–Kier alpha value is -0.870. The second kappa shape index (κ2) is 6.17. The number of anilines is 1. The molecule has 0 spiro atoms. The molecule has 1 unspecified atom stereocenters. The van der Waals surface area contributed by atoms with Crippen LogP contribution in [0.3, 0.4) is 0 Å². The first-order valence-corrected chi connectivity index (χ1v) is 6.79. The highest BCUT2D eigenvalue weighted by Gasteiger charge is 2.15. The lowest BCUT2D eigenvalue weighted by atomic mass is 10.0. The van der Waals surface area contributed by atoms with Crippen LogP contribution in [0, 0.1) is 5.92 Å². The predicted molar refractivity (Wildman–Crippen MR) is 73.0 cm³/mol. The summed E-state index contributed by atoms with van der Waals surface area (Å²) in [7, 11) is 0. The Morgan fingerprint density at radius 1 is 1.53 bits per heavy atom. The Labute approximate surface area is 110 Å². The molecule has 4 heteroatoms. The molecule has 17 heavy (non-hydrogen) atoms. The van der Waals surface area contributed by atoms with Gasteiger partial charge >= 0.3 is 0 Å². The second-order valence-corrected chi connectivity index (χ2v) is 5.37. The van der Waals surface area contributed by atoms with Crippen molar-refractivity contribution in [2.24, 2.45) is 5.92 Å². The van der Waals surface area contributed by atoms with E-state index in [1.807, 2.05) is 24.3 Å². The van der Waals surface area contributed by atoms with Crippen molar-refractivity contribution in [3.05, 3.63) is 28.7 Å². The third-order valence-corrected chi connectivity index (χ3v) is 3.54. The van der Waals surface area contributed by atoms with E-state index < -0.39 is 0 Å². The van der Waals surface area contributed by atoms with Crippen LogP contribution in [0.15, 0.2) is 28.7 Å². The summed E-state index contributed by atoms with van der Waals surface area (Å²) in [5.41, 5.74) is 0.855. The predicted octanol–water partition coefficient (Wildman–Crippen LogP) is 2.78. The summed E-state index contributed by atoms with van der Waals surface area (Å²) in [5.74, 6) is 0.776. The van der Waals surface area contributed by atoms with E-state index in [9.17, 15) is 4.79 Å². The fraction of sp³-hybridized carbons (Fsp3) is 0.462. The quantitative estimate of drug-likeness (QED) is 0.897. The Morgan fingerprint density at radius 3 is 3.12 bits per heavy atom. The van der Waals surface area contributed by atoms with Gasteiger partial charge in [-0.1, -0.05) is 22.0 Å². The highest BCUT2D eigenvalue weighted by Crippen LogP contribution is 2.17. The van der Waals surface area contributed by atoms with Crippen LogP contribution in [0.1, 0.15) is 19.3 Å². The summed E-state index contributed by atoms with van der Waals surface area (Å²) in [6.45, 7) is 2.15. The molecule has 1 aromatic carbocycles. The van der Waals surface area contributed by atoms with E-state index in [-0.39, 0.29) is 5.91 Å².